The topological polar surface area (TPSA) is 157 Å². The first-order valence-electron chi connectivity index (χ1n) is 39.9. The number of amides is 3. The van der Waals surface area contributed by atoms with Gasteiger partial charge in [-0.1, -0.05) is 246 Å². The summed E-state index contributed by atoms with van der Waals surface area (Å²) in [6.45, 7) is 20.5. The third kappa shape index (κ3) is 26.9. The van der Waals surface area contributed by atoms with Crippen molar-refractivity contribution < 1.29 is 47.8 Å². The number of ether oxygens (including phenoxy) is 3. The standard InChI is InChI=1S/C48H68N2O6.C25H27P.C21H29NO4/c1-37(51)49-35-21-17-27-41(49)45(53)55-43(31-29-39-23-13-11-14-24-39)47(3,4)33-19-9-7-8-10-20-34-48(5,6)44(32-30-40-25-15-12-16-26-40)56-46(54)42-28-18-22-36-50(42)38(2)52;1-2-3-4-5-15-22-26(23-16-9-6-10-17-23,24-18-11-7-12-19-24)25-20-13-8-14-21-25;1-16(24)22-14-8-7-11-18(22)20(25)26-19(21(2,3)15-23)13-12-17-9-5-4-6-10-17/h11-16,19-20,23-26,33-34,41-44H,7-10,17-18,21-22,27-32,35-36H2,1-6H3;2,6-14,16-22H,1,3-5,15H2;4-6,9-10,15,18-19H,7-8,11-14H2,1-3H3/b33-19+,34-20+;;/t41?,42?,43-,44-;;18?,19-/m1.1/s1. The van der Waals surface area contributed by atoms with Crippen LogP contribution >= 0.6 is 6.89 Å². The SMILES string of the molecule is C=CCCCCC=P(c1ccccc1)(c1ccccc1)c1ccccc1.CC(=O)N1CCCCC1C(=O)O[C@H](CCc1ccccc1)C(C)(C)/C=C/CCCC/C=C/C(C)(C)[C@@H](CCc1ccccc1)OC(=O)C1CCCCN1C(C)=O.CC(=O)N1CCCCC1C(=O)O[C@H](CCc1ccccc1)C(C)(C)C=O. The van der Waals surface area contributed by atoms with E-state index in [1.165, 1.54) is 60.7 Å². The van der Waals surface area contributed by atoms with Gasteiger partial charge in [-0.2, -0.15) is 0 Å². The first-order chi connectivity index (χ1) is 52.0. The number of hydrogen-bond acceptors (Lipinski definition) is 10. The number of piperidine rings is 3. The van der Waals surface area contributed by atoms with Crippen molar-refractivity contribution in [2.75, 3.05) is 19.6 Å². The summed E-state index contributed by atoms with van der Waals surface area (Å²) in [5.74, 6) is 1.38. The molecule has 3 unspecified atom stereocenters. The lowest BCUT2D eigenvalue weighted by Crippen LogP contribution is -2.49. The molecular formula is C94H124N3O10P. The third-order valence-corrected chi connectivity index (χ3v) is 25.7. The highest BCUT2D eigenvalue weighted by atomic mass is 31.2. The van der Waals surface area contributed by atoms with Gasteiger partial charge in [0.1, 0.15) is 42.7 Å². The third-order valence-electron chi connectivity index (χ3n) is 21.6. The number of likely N-dealkylation sites (tertiary alicyclic amines) is 3. The summed E-state index contributed by atoms with van der Waals surface area (Å²) in [5, 5.41) is 4.29. The molecule has 0 spiro atoms. The van der Waals surface area contributed by atoms with Gasteiger partial charge < -0.3 is 33.7 Å². The lowest BCUT2D eigenvalue weighted by molar-refractivity contribution is -0.167. The fraction of sp³-hybridized carbons (Fsp3) is 0.468. The summed E-state index contributed by atoms with van der Waals surface area (Å²) in [6, 6.07) is 62.1. The number of carbonyl (C=O) groups excluding carboxylic acids is 7. The Morgan fingerprint density at radius 1 is 0.407 bits per heavy atom. The molecular weight excluding hydrogens is 1360 g/mol. The lowest BCUT2D eigenvalue weighted by Gasteiger charge is -2.37. The van der Waals surface area contributed by atoms with Gasteiger partial charge in [0.2, 0.25) is 17.7 Å². The lowest BCUT2D eigenvalue weighted by atomic mass is 9.82. The van der Waals surface area contributed by atoms with Crippen molar-refractivity contribution in [2.24, 2.45) is 16.2 Å². The van der Waals surface area contributed by atoms with Crippen LogP contribution in [0.5, 0.6) is 0 Å². The number of benzene rings is 6. The van der Waals surface area contributed by atoms with Crippen molar-refractivity contribution in [3.05, 3.63) is 236 Å². The Kier molecular flexibility index (Phi) is 35.8. The van der Waals surface area contributed by atoms with Crippen molar-refractivity contribution in [1.82, 2.24) is 14.7 Å². The summed E-state index contributed by atoms with van der Waals surface area (Å²) in [5.41, 5.74) is 1.98. The molecule has 9 rings (SSSR count). The Morgan fingerprint density at radius 3 is 0.972 bits per heavy atom. The van der Waals surface area contributed by atoms with Crippen LogP contribution in [0.25, 0.3) is 0 Å². The normalized spacial score (nSPS) is 17.2. The first kappa shape index (κ1) is 86.6. The van der Waals surface area contributed by atoms with Crippen LogP contribution in [0, 0.1) is 16.2 Å². The maximum Gasteiger partial charge on any atom is 0.329 e. The zero-order valence-corrected chi connectivity index (χ0v) is 67.2. The second-order valence-electron chi connectivity index (χ2n) is 31.2. The molecule has 0 saturated carbocycles. The second kappa shape index (κ2) is 44.7. The van der Waals surface area contributed by atoms with Crippen LogP contribution in [-0.2, 0) is 67.0 Å². The van der Waals surface area contributed by atoms with Crippen LogP contribution in [-0.4, -0.2) is 118 Å². The van der Waals surface area contributed by atoms with E-state index in [1.807, 2.05) is 72.8 Å². The van der Waals surface area contributed by atoms with Gasteiger partial charge in [0.05, 0.1) is 5.41 Å². The molecule has 13 nitrogen and oxygen atoms in total. The largest absolute Gasteiger partial charge is 0.460 e. The number of aryl methyl sites for hydroxylation is 3. The van der Waals surface area contributed by atoms with Crippen LogP contribution in [0.2, 0.25) is 0 Å². The van der Waals surface area contributed by atoms with Crippen LogP contribution in [0.1, 0.15) is 207 Å². The predicted octanol–water partition coefficient (Wildman–Crippen LogP) is 18.3. The summed E-state index contributed by atoms with van der Waals surface area (Å²) in [6.07, 6.45) is 30.6. The van der Waals surface area contributed by atoms with E-state index in [0.717, 1.165) is 108 Å². The highest BCUT2D eigenvalue weighted by Gasteiger charge is 2.41. The highest BCUT2D eigenvalue weighted by Crippen LogP contribution is 2.44. The Morgan fingerprint density at radius 2 is 0.685 bits per heavy atom. The fourth-order valence-corrected chi connectivity index (χ4v) is 19.0. The molecule has 3 fully saturated rings. The highest BCUT2D eigenvalue weighted by molar-refractivity contribution is 7.94. The molecule has 3 aliphatic rings. The van der Waals surface area contributed by atoms with Gasteiger partial charge in [-0.25, -0.2) is 14.4 Å². The zero-order valence-electron chi connectivity index (χ0n) is 66.3. The molecule has 0 aromatic heterocycles. The van der Waals surface area contributed by atoms with Gasteiger partial charge in [0.15, 0.2) is 0 Å². The molecule has 108 heavy (non-hydrogen) atoms. The van der Waals surface area contributed by atoms with Crippen LogP contribution < -0.4 is 15.9 Å². The molecule has 6 aromatic rings. The Bertz CT molecular complexity index is 3620. The number of hydrogen-bond donors (Lipinski definition) is 0. The summed E-state index contributed by atoms with van der Waals surface area (Å²) in [4.78, 5) is 92.8. The molecule has 3 saturated heterocycles. The summed E-state index contributed by atoms with van der Waals surface area (Å²) >= 11 is 0. The van der Waals surface area contributed by atoms with Crippen molar-refractivity contribution in [1.29, 1.82) is 0 Å². The minimum absolute atomic E-state index is 0.0757. The maximum atomic E-state index is 13.5. The number of allylic oxidation sites excluding steroid dienone is 3. The smallest absolute Gasteiger partial charge is 0.329 e. The maximum absolute atomic E-state index is 13.5. The van der Waals surface area contributed by atoms with Gasteiger partial charge in [-0.15, -0.1) is 6.58 Å². The van der Waals surface area contributed by atoms with Crippen molar-refractivity contribution >= 4 is 70.5 Å². The quantitative estimate of drug-likeness (QED) is 0.00951. The Balaban J connectivity index is 0.000000257. The molecule has 0 N–H and O–H groups in total. The molecule has 6 aromatic carbocycles. The minimum Gasteiger partial charge on any atom is -0.460 e. The number of aldehydes is 1. The van der Waals surface area contributed by atoms with E-state index in [4.69, 9.17) is 14.2 Å². The number of nitrogens with zero attached hydrogens (tertiary/aromatic N) is 3. The average Bonchev–Trinajstić information content (AvgIpc) is 0.756. The van der Waals surface area contributed by atoms with Gasteiger partial charge in [0.25, 0.3) is 0 Å². The van der Waals surface area contributed by atoms with Crippen molar-refractivity contribution in [3.8, 4) is 0 Å². The number of unbranched alkanes of at least 4 members (excludes halogenated alkanes) is 6. The minimum atomic E-state index is -1.75. The molecule has 6 atom stereocenters. The molecule has 3 heterocycles. The molecule has 14 heteroatoms. The van der Waals surface area contributed by atoms with Crippen molar-refractivity contribution in [2.45, 2.75) is 246 Å². The monoisotopic (exact) mass is 1490 g/mol. The van der Waals surface area contributed by atoms with E-state index in [2.05, 4.69) is 180 Å². The van der Waals surface area contributed by atoms with Gasteiger partial charge in [-0.3, -0.25) is 14.4 Å². The summed E-state index contributed by atoms with van der Waals surface area (Å²) < 4.78 is 18.4. The predicted molar refractivity (Wildman–Crippen MR) is 443 cm³/mol. The van der Waals surface area contributed by atoms with E-state index in [0.29, 0.717) is 58.2 Å². The van der Waals surface area contributed by atoms with E-state index in [9.17, 15) is 33.6 Å². The molecule has 0 bridgehead atoms. The molecule has 0 radical (unpaired) electrons. The molecule has 0 aliphatic carbocycles. The Labute approximate surface area is 647 Å². The zero-order chi connectivity index (χ0) is 77.8. The number of carbonyl (C=O) groups is 7. The molecule has 3 aliphatic heterocycles. The van der Waals surface area contributed by atoms with E-state index < -0.39 is 53.3 Å². The van der Waals surface area contributed by atoms with Crippen LogP contribution in [0.4, 0.5) is 0 Å². The molecule has 580 valence electrons. The Hall–Kier alpha value is -8.67. The number of esters is 3. The van der Waals surface area contributed by atoms with E-state index in [1.54, 1.807) is 28.5 Å². The van der Waals surface area contributed by atoms with Crippen LogP contribution in [0.15, 0.2) is 219 Å². The molecule has 3 amide bonds. The van der Waals surface area contributed by atoms with Crippen LogP contribution in [0.3, 0.4) is 0 Å². The van der Waals surface area contributed by atoms with E-state index in [-0.39, 0.29) is 41.9 Å². The van der Waals surface area contributed by atoms with Gasteiger partial charge in [-0.05, 0) is 201 Å². The van der Waals surface area contributed by atoms with Gasteiger partial charge >= 0.3 is 17.9 Å². The van der Waals surface area contributed by atoms with Crippen molar-refractivity contribution in [3.63, 3.8) is 0 Å². The average molecular weight is 1490 g/mol. The second-order valence-corrected chi connectivity index (χ2v) is 34.5. The van der Waals surface area contributed by atoms with E-state index >= 15 is 0 Å². The number of rotatable bonds is 34. The first-order valence-corrected chi connectivity index (χ1v) is 41.7. The summed E-state index contributed by atoms with van der Waals surface area (Å²) in [7, 11) is 0. The fourth-order valence-electron chi connectivity index (χ4n) is 15.0. The van der Waals surface area contributed by atoms with Gasteiger partial charge in [0, 0.05) is 51.2 Å².